The van der Waals surface area contributed by atoms with Gasteiger partial charge in [0.15, 0.2) is 0 Å². The Labute approximate surface area is 78.1 Å². The zero-order chi connectivity index (χ0) is 10.9. The minimum atomic E-state index is -1.70. The first-order valence-electron chi connectivity index (χ1n) is 3.91. The third kappa shape index (κ3) is 1.52. The second-order valence-electron chi connectivity index (χ2n) is 3.15. The molecule has 1 aliphatic rings. The van der Waals surface area contributed by atoms with Crippen LogP contribution in [0.3, 0.4) is 0 Å². The molecule has 4 unspecified atom stereocenters. The first-order valence-corrected chi connectivity index (χ1v) is 3.91. The highest BCUT2D eigenvalue weighted by Crippen LogP contribution is 2.25. The Kier molecular flexibility index (Phi) is 3.21. The Hall–Kier alpha value is -0.960. The number of hydrogen-bond donors (Lipinski definition) is 4. The van der Waals surface area contributed by atoms with Gasteiger partial charge in [-0.2, -0.15) is 9.81 Å². The fourth-order valence-electron chi connectivity index (χ4n) is 1.46. The van der Waals surface area contributed by atoms with Crippen molar-refractivity contribution in [3.8, 4) is 0 Å². The number of hydrogen-bond acceptors (Lipinski definition) is 8. The molecule has 0 aromatic rings. The molecule has 8 heteroatoms. The van der Waals surface area contributed by atoms with Gasteiger partial charge >= 0.3 is 0 Å². The van der Waals surface area contributed by atoms with Gasteiger partial charge in [-0.25, -0.2) is 0 Å². The van der Waals surface area contributed by atoms with Gasteiger partial charge in [-0.15, -0.1) is 0 Å². The molecule has 0 spiro atoms. The van der Waals surface area contributed by atoms with Crippen LogP contribution < -0.4 is 0 Å². The van der Waals surface area contributed by atoms with Crippen molar-refractivity contribution in [2.45, 2.75) is 36.5 Å². The van der Waals surface area contributed by atoms with Gasteiger partial charge in [0.1, 0.15) is 36.5 Å². The zero-order valence-corrected chi connectivity index (χ0v) is 6.96. The molecule has 0 heterocycles. The number of nitroso groups, excluding NO2 is 2. The normalized spacial score (nSPS) is 48.6. The minimum absolute atomic E-state index is 1.56. The molecular weight excluding hydrogens is 196 g/mol. The molecule has 0 aromatic heterocycles. The summed E-state index contributed by atoms with van der Waals surface area (Å²) in [7, 11) is 0. The molecule has 1 saturated carbocycles. The molecule has 0 radical (unpaired) electrons. The van der Waals surface area contributed by atoms with Gasteiger partial charge in [-0.3, -0.25) is 0 Å². The zero-order valence-electron chi connectivity index (χ0n) is 6.96. The van der Waals surface area contributed by atoms with Crippen LogP contribution in [0.5, 0.6) is 0 Å². The molecule has 0 saturated heterocycles. The second-order valence-corrected chi connectivity index (χ2v) is 3.15. The first kappa shape index (κ1) is 11.1. The summed E-state index contributed by atoms with van der Waals surface area (Å²) in [6.07, 6.45) is -6.80. The summed E-state index contributed by atoms with van der Waals surface area (Å²) in [5.41, 5.74) is 0. The van der Waals surface area contributed by atoms with Crippen molar-refractivity contribution in [3.05, 3.63) is 9.81 Å². The van der Waals surface area contributed by atoms with Crippen molar-refractivity contribution < 1.29 is 20.4 Å². The molecular formula is C6H10N2O6. The van der Waals surface area contributed by atoms with E-state index in [4.69, 9.17) is 0 Å². The summed E-state index contributed by atoms with van der Waals surface area (Å²) in [4.78, 5) is 20.3. The van der Waals surface area contributed by atoms with Crippen molar-refractivity contribution >= 4 is 0 Å². The van der Waals surface area contributed by atoms with Crippen LogP contribution in [0.25, 0.3) is 0 Å². The third-order valence-corrected chi connectivity index (χ3v) is 2.34. The van der Waals surface area contributed by atoms with Gasteiger partial charge < -0.3 is 20.4 Å². The first-order chi connectivity index (χ1) is 6.54. The van der Waals surface area contributed by atoms with Crippen molar-refractivity contribution in [3.63, 3.8) is 0 Å². The molecule has 1 rings (SSSR count). The fourth-order valence-corrected chi connectivity index (χ4v) is 1.46. The van der Waals surface area contributed by atoms with Crippen LogP contribution in [0.4, 0.5) is 0 Å². The van der Waals surface area contributed by atoms with Gasteiger partial charge in [0, 0.05) is 0 Å². The maximum atomic E-state index is 10.2. The SMILES string of the molecule is O=NC1C(O)C(O)C(N=O)C(O)C1O. The van der Waals surface area contributed by atoms with E-state index in [1.807, 2.05) is 0 Å². The average molecular weight is 206 g/mol. The van der Waals surface area contributed by atoms with Gasteiger partial charge in [0.25, 0.3) is 0 Å². The molecule has 4 atom stereocenters. The number of rotatable bonds is 2. The van der Waals surface area contributed by atoms with E-state index in [1.165, 1.54) is 0 Å². The molecule has 14 heavy (non-hydrogen) atoms. The van der Waals surface area contributed by atoms with Crippen LogP contribution in [-0.4, -0.2) is 56.9 Å². The van der Waals surface area contributed by atoms with Crippen LogP contribution >= 0.6 is 0 Å². The van der Waals surface area contributed by atoms with E-state index in [9.17, 15) is 30.2 Å². The highest BCUT2D eigenvalue weighted by Gasteiger charge is 2.50. The summed E-state index contributed by atoms with van der Waals surface area (Å²) >= 11 is 0. The monoisotopic (exact) mass is 206 g/mol. The predicted octanol–water partition coefficient (Wildman–Crippen LogP) is -2.29. The predicted molar refractivity (Wildman–Crippen MR) is 43.2 cm³/mol. The maximum absolute atomic E-state index is 10.2. The van der Waals surface area contributed by atoms with Gasteiger partial charge in [0.05, 0.1) is 0 Å². The number of nitrogens with zero attached hydrogens (tertiary/aromatic N) is 2. The Balaban J connectivity index is 2.92. The molecule has 0 aromatic carbocycles. The van der Waals surface area contributed by atoms with Crippen LogP contribution in [0, 0.1) is 9.81 Å². The minimum Gasteiger partial charge on any atom is -0.388 e. The third-order valence-electron chi connectivity index (χ3n) is 2.34. The maximum Gasteiger partial charge on any atom is 0.149 e. The quantitative estimate of drug-likeness (QED) is 0.375. The van der Waals surface area contributed by atoms with Crippen LogP contribution in [0.1, 0.15) is 0 Å². The summed E-state index contributed by atoms with van der Waals surface area (Å²) < 4.78 is 0. The summed E-state index contributed by atoms with van der Waals surface area (Å²) in [5, 5.41) is 41.6. The lowest BCUT2D eigenvalue weighted by atomic mass is 9.82. The van der Waals surface area contributed by atoms with Crippen molar-refractivity contribution in [1.82, 2.24) is 0 Å². The standard InChI is InChI=1S/C6H10N2O6/c9-3-1(7-13)4(10)6(12)2(8-14)5(3)11/h1-6,9-12H. The Bertz CT molecular complexity index is 196. The van der Waals surface area contributed by atoms with Crippen LogP contribution in [0.15, 0.2) is 10.4 Å². The molecule has 1 fully saturated rings. The fraction of sp³-hybridized carbons (Fsp3) is 1.00. The molecule has 4 N–H and O–H groups in total. The number of aliphatic hydroxyl groups is 4. The second kappa shape index (κ2) is 4.05. The Morgan fingerprint density at radius 2 is 0.857 bits per heavy atom. The van der Waals surface area contributed by atoms with Crippen molar-refractivity contribution in [1.29, 1.82) is 0 Å². The van der Waals surface area contributed by atoms with Gasteiger partial charge in [-0.1, -0.05) is 10.4 Å². The Morgan fingerprint density at radius 1 is 0.643 bits per heavy atom. The molecule has 1 aliphatic carbocycles. The lowest BCUT2D eigenvalue weighted by Crippen LogP contribution is -2.62. The smallest absolute Gasteiger partial charge is 0.149 e. The van der Waals surface area contributed by atoms with E-state index in [0.717, 1.165) is 0 Å². The topological polar surface area (TPSA) is 140 Å². The van der Waals surface area contributed by atoms with Gasteiger partial charge in [-0.05, 0) is 0 Å². The average Bonchev–Trinajstić information content (AvgIpc) is 2.17. The van der Waals surface area contributed by atoms with Crippen LogP contribution in [0.2, 0.25) is 0 Å². The van der Waals surface area contributed by atoms with E-state index in [1.54, 1.807) is 0 Å². The molecule has 0 aliphatic heterocycles. The molecule has 8 nitrogen and oxygen atoms in total. The molecule has 0 amide bonds. The summed E-state index contributed by atoms with van der Waals surface area (Å²) in [6, 6.07) is -3.11. The van der Waals surface area contributed by atoms with E-state index in [0.29, 0.717) is 0 Å². The van der Waals surface area contributed by atoms with Gasteiger partial charge in [0.2, 0.25) is 0 Å². The lowest BCUT2D eigenvalue weighted by molar-refractivity contribution is -0.131. The Morgan fingerprint density at radius 3 is 1.00 bits per heavy atom. The van der Waals surface area contributed by atoms with E-state index in [-0.39, 0.29) is 0 Å². The largest absolute Gasteiger partial charge is 0.388 e. The summed E-state index contributed by atoms with van der Waals surface area (Å²) in [5.74, 6) is 0. The molecule has 0 bridgehead atoms. The van der Waals surface area contributed by atoms with Crippen molar-refractivity contribution in [2.24, 2.45) is 10.4 Å². The summed E-state index contributed by atoms with van der Waals surface area (Å²) in [6.45, 7) is 0. The molecule has 80 valence electrons. The van der Waals surface area contributed by atoms with Crippen LogP contribution in [-0.2, 0) is 0 Å². The van der Waals surface area contributed by atoms with E-state index >= 15 is 0 Å². The number of aliphatic hydroxyl groups excluding tert-OH is 4. The van der Waals surface area contributed by atoms with Crippen molar-refractivity contribution in [2.75, 3.05) is 0 Å². The highest BCUT2D eigenvalue weighted by molar-refractivity contribution is 5.04. The van der Waals surface area contributed by atoms with E-state index < -0.39 is 36.5 Å². The lowest BCUT2D eigenvalue weighted by Gasteiger charge is -2.37. The van der Waals surface area contributed by atoms with E-state index in [2.05, 4.69) is 10.4 Å². The highest BCUT2D eigenvalue weighted by atomic mass is 16.4.